The van der Waals surface area contributed by atoms with Gasteiger partial charge in [0, 0.05) is 58.9 Å². The maximum absolute atomic E-state index is 13.6. The summed E-state index contributed by atoms with van der Waals surface area (Å²) in [5, 5.41) is 0. The lowest BCUT2D eigenvalue weighted by Gasteiger charge is -2.37. The topological polar surface area (TPSA) is 56.3 Å². The normalized spacial score (nSPS) is 18.7. The van der Waals surface area contributed by atoms with Crippen LogP contribution in [0.5, 0.6) is 0 Å². The second-order valence-corrected chi connectivity index (χ2v) is 9.26. The Balaban J connectivity index is 1.28. The van der Waals surface area contributed by atoms with Crippen LogP contribution in [0.25, 0.3) is 11.1 Å². The molecular formula is C26H31F3N4O3. The number of hydrogen-bond acceptors (Lipinski definition) is 5. The summed E-state index contributed by atoms with van der Waals surface area (Å²) in [4.78, 5) is 31.5. The molecule has 2 saturated heterocycles. The summed E-state index contributed by atoms with van der Waals surface area (Å²) in [5.74, 6) is -1.21. The Morgan fingerprint density at radius 3 is 1.94 bits per heavy atom. The van der Waals surface area contributed by atoms with Crippen molar-refractivity contribution in [1.82, 2.24) is 19.6 Å². The molecular weight excluding hydrogens is 473 g/mol. The molecule has 1 atom stereocenters. The van der Waals surface area contributed by atoms with Crippen LogP contribution >= 0.6 is 0 Å². The number of benzene rings is 2. The quantitative estimate of drug-likeness (QED) is 0.626. The van der Waals surface area contributed by atoms with Crippen molar-refractivity contribution in [2.45, 2.75) is 18.8 Å². The molecule has 0 aromatic heterocycles. The zero-order valence-electron chi connectivity index (χ0n) is 20.3. The highest BCUT2D eigenvalue weighted by molar-refractivity contribution is 5.84. The third kappa shape index (κ3) is 6.55. The second kappa shape index (κ2) is 11.3. The van der Waals surface area contributed by atoms with Crippen molar-refractivity contribution in [3.8, 4) is 11.1 Å². The van der Waals surface area contributed by atoms with E-state index >= 15 is 0 Å². The van der Waals surface area contributed by atoms with E-state index in [2.05, 4.69) is 41.3 Å². The smallest absolute Gasteiger partial charge is 0.426 e. The van der Waals surface area contributed by atoms with Gasteiger partial charge in [0.15, 0.2) is 0 Å². The molecule has 194 valence electrons. The fourth-order valence-electron chi connectivity index (χ4n) is 4.41. The lowest BCUT2D eigenvalue weighted by molar-refractivity contribution is -0.212. The van der Waals surface area contributed by atoms with Crippen LogP contribution in [0, 0.1) is 0 Å². The molecule has 4 rings (SSSR count). The van der Waals surface area contributed by atoms with Gasteiger partial charge < -0.3 is 19.4 Å². The number of halogens is 3. The van der Waals surface area contributed by atoms with Gasteiger partial charge in [0.1, 0.15) is 0 Å². The Morgan fingerprint density at radius 1 is 0.806 bits per heavy atom. The van der Waals surface area contributed by atoms with E-state index in [4.69, 9.17) is 4.74 Å². The van der Waals surface area contributed by atoms with Crippen molar-refractivity contribution < 1.29 is 27.5 Å². The Bertz CT molecular complexity index is 1020. The van der Waals surface area contributed by atoms with E-state index in [1.165, 1.54) is 4.90 Å². The molecule has 36 heavy (non-hydrogen) atoms. The Hall–Kier alpha value is -3.11. The molecule has 0 N–H and O–H groups in total. The summed E-state index contributed by atoms with van der Waals surface area (Å²) in [7, 11) is 1.84. The molecule has 0 saturated carbocycles. The van der Waals surface area contributed by atoms with Gasteiger partial charge in [-0.3, -0.25) is 9.69 Å². The number of hydrogen-bond donors (Lipinski definition) is 0. The molecule has 0 aliphatic carbocycles. The molecule has 2 aliphatic rings. The van der Waals surface area contributed by atoms with Crippen molar-refractivity contribution in [3.05, 3.63) is 60.2 Å². The first-order valence-corrected chi connectivity index (χ1v) is 12.1. The molecule has 0 radical (unpaired) electrons. The number of piperazine rings is 2. The molecule has 2 amide bonds. The first kappa shape index (κ1) is 26.0. The minimum Gasteiger partial charge on any atom is -0.426 e. The van der Waals surface area contributed by atoms with Gasteiger partial charge in [-0.15, -0.1) is 0 Å². The average Bonchev–Trinajstić information content (AvgIpc) is 2.88. The number of alkyl halides is 3. The molecule has 2 aromatic carbocycles. The third-order valence-corrected chi connectivity index (χ3v) is 6.65. The average molecular weight is 505 g/mol. The molecule has 2 aromatic rings. The highest BCUT2D eigenvalue weighted by Crippen LogP contribution is 2.26. The summed E-state index contributed by atoms with van der Waals surface area (Å²) in [5.41, 5.74) is 3.37. The van der Waals surface area contributed by atoms with Crippen molar-refractivity contribution >= 4 is 12.0 Å². The van der Waals surface area contributed by atoms with Crippen molar-refractivity contribution in [2.24, 2.45) is 0 Å². The minimum atomic E-state index is -4.97. The summed E-state index contributed by atoms with van der Waals surface area (Å²) in [6.45, 7) is 3.42. The van der Waals surface area contributed by atoms with Gasteiger partial charge in [-0.25, -0.2) is 4.79 Å². The van der Waals surface area contributed by atoms with Crippen LogP contribution in [0.2, 0.25) is 0 Å². The van der Waals surface area contributed by atoms with Gasteiger partial charge in [0.25, 0.3) is 12.0 Å². The van der Waals surface area contributed by atoms with Crippen molar-refractivity contribution in [2.75, 3.05) is 59.4 Å². The number of likely N-dealkylation sites (N-methyl/N-ethyl adjacent to an activating group) is 1. The van der Waals surface area contributed by atoms with Crippen LogP contribution in [0.1, 0.15) is 5.56 Å². The van der Waals surface area contributed by atoms with Crippen LogP contribution in [-0.4, -0.2) is 103 Å². The monoisotopic (exact) mass is 504 g/mol. The fraction of sp³-hybridized carbons (Fsp3) is 0.462. The number of ether oxygens (including phenoxy) is 1. The van der Waals surface area contributed by atoms with E-state index in [-0.39, 0.29) is 26.2 Å². The molecule has 7 nitrogen and oxygen atoms in total. The van der Waals surface area contributed by atoms with Crippen LogP contribution < -0.4 is 0 Å². The first-order valence-electron chi connectivity index (χ1n) is 12.1. The van der Waals surface area contributed by atoms with Crippen LogP contribution in [0.15, 0.2) is 54.6 Å². The molecule has 2 fully saturated rings. The maximum Gasteiger partial charge on any atom is 0.434 e. The van der Waals surface area contributed by atoms with Gasteiger partial charge in [0.2, 0.25) is 0 Å². The van der Waals surface area contributed by atoms with Gasteiger partial charge in [0.05, 0.1) is 0 Å². The fourth-order valence-corrected chi connectivity index (χ4v) is 4.41. The van der Waals surface area contributed by atoms with Gasteiger partial charge >= 0.3 is 12.3 Å². The van der Waals surface area contributed by atoms with Crippen LogP contribution in [-0.2, 0) is 16.1 Å². The minimum absolute atomic E-state index is 0.171. The zero-order chi connectivity index (χ0) is 25.7. The Kier molecular flexibility index (Phi) is 8.15. The largest absolute Gasteiger partial charge is 0.434 e. The van der Waals surface area contributed by atoms with Crippen LogP contribution in [0.3, 0.4) is 0 Å². The number of amides is 2. The van der Waals surface area contributed by atoms with E-state index in [1.807, 2.05) is 30.1 Å². The molecule has 2 aliphatic heterocycles. The van der Waals surface area contributed by atoms with E-state index in [0.717, 1.165) is 21.6 Å². The Labute approximate surface area is 209 Å². The third-order valence-electron chi connectivity index (χ3n) is 6.65. The zero-order valence-corrected chi connectivity index (χ0v) is 20.3. The lowest BCUT2D eigenvalue weighted by atomic mass is 10.0. The summed E-state index contributed by atoms with van der Waals surface area (Å²) < 4.78 is 45.6. The van der Waals surface area contributed by atoms with Crippen molar-refractivity contribution in [3.63, 3.8) is 0 Å². The predicted molar refractivity (Wildman–Crippen MR) is 129 cm³/mol. The van der Waals surface area contributed by atoms with E-state index < -0.39 is 24.3 Å². The van der Waals surface area contributed by atoms with E-state index in [0.29, 0.717) is 32.7 Å². The van der Waals surface area contributed by atoms with E-state index in [1.54, 1.807) is 0 Å². The number of nitrogens with zero attached hydrogens (tertiary/aromatic N) is 4. The number of carbonyl (C=O) groups excluding carboxylic acids is 2. The highest BCUT2D eigenvalue weighted by Gasteiger charge is 2.50. The second-order valence-electron chi connectivity index (χ2n) is 9.26. The van der Waals surface area contributed by atoms with Crippen LogP contribution in [0.4, 0.5) is 18.0 Å². The van der Waals surface area contributed by atoms with E-state index in [9.17, 15) is 22.8 Å². The van der Waals surface area contributed by atoms with Crippen molar-refractivity contribution in [1.29, 1.82) is 0 Å². The van der Waals surface area contributed by atoms with Gasteiger partial charge in [-0.05, 0) is 23.7 Å². The summed E-state index contributed by atoms with van der Waals surface area (Å²) >= 11 is 0. The maximum atomic E-state index is 13.6. The number of rotatable bonds is 5. The molecule has 0 bridgehead atoms. The molecule has 1 unspecified atom stereocenters. The highest BCUT2D eigenvalue weighted by atomic mass is 19.4. The SMILES string of the molecule is CN1CCN(C(=O)C(OC(=O)N2CCN(Cc3ccc(-c4ccccc4)cc3)CC2)C(F)(F)F)CC1. The molecule has 0 spiro atoms. The Morgan fingerprint density at radius 2 is 1.36 bits per heavy atom. The molecule has 2 heterocycles. The standard InChI is InChI=1S/C26H31F3N4O3/c1-30-11-15-32(16-12-30)24(34)23(26(27,28)29)36-25(35)33-17-13-31(14-18-33)19-20-7-9-22(10-8-20)21-5-3-2-4-6-21/h2-10,23H,11-19H2,1H3. The van der Waals surface area contributed by atoms with Gasteiger partial charge in [-0.2, -0.15) is 13.2 Å². The molecule has 10 heteroatoms. The first-order chi connectivity index (χ1) is 17.2. The number of carbonyl (C=O) groups is 2. The lowest BCUT2D eigenvalue weighted by Crippen LogP contribution is -2.56. The van der Waals surface area contributed by atoms with Gasteiger partial charge in [-0.1, -0.05) is 54.6 Å². The summed E-state index contributed by atoms with van der Waals surface area (Å²) in [6.07, 6.45) is -8.86. The summed E-state index contributed by atoms with van der Waals surface area (Å²) in [6, 6.07) is 18.3. The predicted octanol–water partition coefficient (Wildman–Crippen LogP) is 3.31.